The molecule has 10 nitrogen and oxygen atoms in total. The smallest absolute Gasteiger partial charge is 0.224 e. The average molecular weight is 454 g/mol. The summed E-state index contributed by atoms with van der Waals surface area (Å²) in [6, 6.07) is 6.11. The number of hydrogen-bond acceptors (Lipinski definition) is 8. The van der Waals surface area contributed by atoms with Crippen LogP contribution in [0.15, 0.2) is 24.3 Å². The molecule has 10 heteroatoms. The summed E-state index contributed by atoms with van der Waals surface area (Å²) < 4.78 is 11.3. The minimum Gasteiger partial charge on any atom is -0.394 e. The summed E-state index contributed by atoms with van der Waals surface area (Å²) in [7, 11) is 1.91. The second kappa shape index (κ2) is 13.5. The lowest BCUT2D eigenvalue weighted by Gasteiger charge is -2.42. The number of anilines is 1. The zero-order valence-corrected chi connectivity index (χ0v) is 18.6. The number of aliphatic hydroxyl groups excluding tert-OH is 3. The maximum absolute atomic E-state index is 12.0. The van der Waals surface area contributed by atoms with E-state index in [1.165, 1.54) is 6.92 Å². The van der Waals surface area contributed by atoms with Gasteiger partial charge in [0.25, 0.3) is 0 Å². The quantitative estimate of drug-likeness (QED) is 0.240. The Morgan fingerprint density at radius 1 is 1.09 bits per heavy atom. The highest BCUT2D eigenvalue weighted by molar-refractivity contribution is 5.90. The lowest BCUT2D eigenvalue weighted by molar-refractivity contribution is -0.273. The third-order valence-electron chi connectivity index (χ3n) is 5.23. The van der Waals surface area contributed by atoms with Crippen LogP contribution in [0.1, 0.15) is 38.2 Å². The van der Waals surface area contributed by atoms with Crippen LogP contribution >= 0.6 is 0 Å². The van der Waals surface area contributed by atoms with E-state index in [9.17, 15) is 24.9 Å². The SMILES string of the molecule is CNCCCCCC(=O)Nc1ccc(CO[C@@H]2OC(CO)[C@@H](O)C(O)C2NC(C)=O)cc1. The van der Waals surface area contributed by atoms with Gasteiger partial charge in [-0.3, -0.25) is 9.59 Å². The van der Waals surface area contributed by atoms with E-state index < -0.39 is 43.2 Å². The summed E-state index contributed by atoms with van der Waals surface area (Å²) in [5, 5.41) is 38.2. The molecule has 1 fully saturated rings. The standard InChI is InChI=1S/C22H35N3O7/c1-14(27)24-19-21(30)20(29)17(12-26)32-22(19)31-13-15-7-9-16(10-8-15)25-18(28)6-4-3-5-11-23-2/h7-10,17,19-23,26,29-30H,3-6,11-13H2,1-2H3,(H,24,27)(H,25,28)/t17?,19?,20-,21?,22-/m1/s1. The second-order valence-corrected chi connectivity index (χ2v) is 7.90. The van der Waals surface area contributed by atoms with Gasteiger partial charge in [0.1, 0.15) is 24.4 Å². The van der Waals surface area contributed by atoms with Crippen LogP contribution in [0.5, 0.6) is 0 Å². The van der Waals surface area contributed by atoms with Crippen LogP contribution in [0.4, 0.5) is 5.69 Å². The van der Waals surface area contributed by atoms with Crippen molar-refractivity contribution in [1.82, 2.24) is 10.6 Å². The monoisotopic (exact) mass is 453 g/mol. The largest absolute Gasteiger partial charge is 0.394 e. The molecule has 180 valence electrons. The molecular weight excluding hydrogens is 418 g/mol. The highest BCUT2D eigenvalue weighted by atomic mass is 16.7. The summed E-state index contributed by atoms with van der Waals surface area (Å²) in [5.74, 6) is -0.446. The number of aliphatic hydroxyl groups is 3. The molecule has 1 heterocycles. The molecule has 0 aliphatic carbocycles. The Morgan fingerprint density at radius 2 is 1.81 bits per heavy atom. The van der Waals surface area contributed by atoms with Crippen LogP contribution in [0.2, 0.25) is 0 Å². The Kier molecular flexibility index (Phi) is 11.0. The van der Waals surface area contributed by atoms with Gasteiger partial charge in [-0.15, -0.1) is 0 Å². The van der Waals surface area contributed by atoms with Gasteiger partial charge in [-0.05, 0) is 44.1 Å². The first-order chi connectivity index (χ1) is 15.3. The van der Waals surface area contributed by atoms with Crippen LogP contribution in [-0.4, -0.2) is 78.0 Å². The van der Waals surface area contributed by atoms with Crippen molar-refractivity contribution < 1.29 is 34.4 Å². The Morgan fingerprint density at radius 3 is 2.44 bits per heavy atom. The van der Waals surface area contributed by atoms with Gasteiger partial charge < -0.3 is 40.7 Å². The van der Waals surface area contributed by atoms with Crippen LogP contribution in [0, 0.1) is 0 Å². The second-order valence-electron chi connectivity index (χ2n) is 7.90. The Hall–Kier alpha value is -2.08. The number of ether oxygens (including phenoxy) is 2. The topological polar surface area (TPSA) is 149 Å². The first kappa shape index (κ1) is 26.2. The number of carbonyl (C=O) groups excluding carboxylic acids is 2. The van der Waals surface area contributed by atoms with E-state index in [-0.39, 0.29) is 12.5 Å². The average Bonchev–Trinajstić information content (AvgIpc) is 2.77. The summed E-state index contributed by atoms with van der Waals surface area (Å²) in [4.78, 5) is 23.5. The van der Waals surface area contributed by atoms with Gasteiger partial charge in [-0.2, -0.15) is 0 Å². The number of unbranched alkanes of at least 4 members (excludes halogenated alkanes) is 2. The number of carbonyl (C=O) groups is 2. The lowest BCUT2D eigenvalue weighted by Crippen LogP contribution is -2.64. The predicted octanol–water partition coefficient (Wildman–Crippen LogP) is -0.135. The van der Waals surface area contributed by atoms with Crippen molar-refractivity contribution in [2.24, 2.45) is 0 Å². The van der Waals surface area contributed by atoms with Crippen LogP contribution < -0.4 is 16.0 Å². The van der Waals surface area contributed by atoms with E-state index in [0.717, 1.165) is 31.4 Å². The van der Waals surface area contributed by atoms with Crippen molar-refractivity contribution >= 4 is 17.5 Å². The summed E-state index contributed by atoms with van der Waals surface area (Å²) in [6.45, 7) is 1.82. The van der Waals surface area contributed by atoms with E-state index in [2.05, 4.69) is 16.0 Å². The van der Waals surface area contributed by atoms with Crippen LogP contribution in [-0.2, 0) is 25.7 Å². The van der Waals surface area contributed by atoms with E-state index in [1.807, 2.05) is 7.05 Å². The third-order valence-corrected chi connectivity index (χ3v) is 5.23. The van der Waals surface area contributed by atoms with E-state index in [0.29, 0.717) is 12.1 Å². The minimum absolute atomic E-state index is 0.0326. The Balaban J connectivity index is 1.86. The van der Waals surface area contributed by atoms with E-state index >= 15 is 0 Å². The summed E-state index contributed by atoms with van der Waals surface area (Å²) >= 11 is 0. The molecule has 0 bridgehead atoms. The first-order valence-corrected chi connectivity index (χ1v) is 10.9. The van der Waals surface area contributed by atoms with Crippen molar-refractivity contribution in [3.8, 4) is 0 Å². The fraction of sp³-hybridized carbons (Fsp3) is 0.636. The van der Waals surface area contributed by atoms with Gasteiger partial charge in [-0.25, -0.2) is 0 Å². The van der Waals surface area contributed by atoms with Crippen molar-refractivity contribution in [2.75, 3.05) is 25.5 Å². The molecule has 5 atom stereocenters. The Bertz CT molecular complexity index is 716. The zero-order valence-electron chi connectivity index (χ0n) is 18.6. The molecule has 2 rings (SSSR count). The van der Waals surface area contributed by atoms with Crippen molar-refractivity contribution in [3.05, 3.63) is 29.8 Å². The minimum atomic E-state index is -1.36. The van der Waals surface area contributed by atoms with Gasteiger partial charge in [0.15, 0.2) is 6.29 Å². The molecule has 0 radical (unpaired) electrons. The van der Waals surface area contributed by atoms with Gasteiger partial charge in [0.2, 0.25) is 11.8 Å². The number of amides is 2. The molecule has 0 saturated carbocycles. The van der Waals surface area contributed by atoms with Crippen molar-refractivity contribution in [3.63, 3.8) is 0 Å². The number of hydrogen-bond donors (Lipinski definition) is 6. The summed E-state index contributed by atoms with van der Waals surface area (Å²) in [5.41, 5.74) is 1.46. The van der Waals surface area contributed by atoms with Gasteiger partial charge >= 0.3 is 0 Å². The number of nitrogens with one attached hydrogen (secondary N) is 3. The highest BCUT2D eigenvalue weighted by Crippen LogP contribution is 2.23. The highest BCUT2D eigenvalue weighted by Gasteiger charge is 2.45. The molecule has 1 saturated heterocycles. The van der Waals surface area contributed by atoms with Crippen LogP contribution in [0.25, 0.3) is 0 Å². The van der Waals surface area contributed by atoms with E-state index in [1.54, 1.807) is 24.3 Å². The predicted molar refractivity (Wildman–Crippen MR) is 118 cm³/mol. The van der Waals surface area contributed by atoms with E-state index in [4.69, 9.17) is 9.47 Å². The van der Waals surface area contributed by atoms with Gasteiger partial charge in [0, 0.05) is 19.0 Å². The van der Waals surface area contributed by atoms with Gasteiger partial charge in [-0.1, -0.05) is 18.6 Å². The van der Waals surface area contributed by atoms with Crippen LogP contribution in [0.3, 0.4) is 0 Å². The molecule has 1 aliphatic heterocycles. The molecule has 2 amide bonds. The molecule has 3 unspecified atom stereocenters. The Labute approximate surface area is 188 Å². The normalized spacial score (nSPS) is 25.3. The molecule has 0 spiro atoms. The van der Waals surface area contributed by atoms with Crippen molar-refractivity contribution in [1.29, 1.82) is 0 Å². The van der Waals surface area contributed by atoms with Crippen molar-refractivity contribution in [2.45, 2.75) is 69.9 Å². The maximum atomic E-state index is 12.0. The molecule has 0 aromatic heterocycles. The zero-order chi connectivity index (χ0) is 23.5. The molecular formula is C22H35N3O7. The molecule has 1 aromatic carbocycles. The molecule has 1 aromatic rings. The lowest BCUT2D eigenvalue weighted by atomic mass is 9.97. The van der Waals surface area contributed by atoms with Gasteiger partial charge in [0.05, 0.1) is 13.2 Å². The number of rotatable bonds is 12. The number of benzene rings is 1. The maximum Gasteiger partial charge on any atom is 0.224 e. The fourth-order valence-electron chi connectivity index (χ4n) is 3.46. The third kappa shape index (κ3) is 8.12. The summed E-state index contributed by atoms with van der Waals surface area (Å²) in [6.07, 6.45) is -1.46. The molecule has 1 aliphatic rings. The molecule has 6 N–H and O–H groups in total. The first-order valence-electron chi connectivity index (χ1n) is 10.9. The fourth-order valence-corrected chi connectivity index (χ4v) is 3.46. The molecule has 32 heavy (non-hydrogen) atoms.